The summed E-state index contributed by atoms with van der Waals surface area (Å²) < 4.78 is 7.72. The van der Waals surface area contributed by atoms with Crippen LogP contribution in [0.4, 0.5) is 0 Å². The molecular weight excluding hydrogens is 474 g/mol. The molecule has 3 aromatic carbocycles. The van der Waals surface area contributed by atoms with Crippen molar-refractivity contribution in [3.63, 3.8) is 0 Å². The van der Waals surface area contributed by atoms with Gasteiger partial charge in [0.2, 0.25) is 0 Å². The Hall–Kier alpha value is -4.16. The number of benzene rings is 3. The van der Waals surface area contributed by atoms with E-state index >= 15 is 0 Å². The third kappa shape index (κ3) is 3.71. The standard InChI is InChI=1S/C29H22ClN3O3/c1-17(28(34)32-14-12-18-6-8-19(30)9-7-18)36-20-10-11-25-24(16-20)22-13-15-31-26-21-4-2-3-5-23(21)29(35)33(25)27(22)26/h2-11,13,15-17H,12,14H2,1H3,(H,32,34)/t17-/m0/s1. The highest BCUT2D eigenvalue weighted by Gasteiger charge is 2.19. The molecule has 1 atom stereocenters. The van der Waals surface area contributed by atoms with Crippen molar-refractivity contribution >= 4 is 55.6 Å². The van der Waals surface area contributed by atoms with Crippen LogP contribution in [0.3, 0.4) is 0 Å². The molecule has 0 aliphatic heterocycles. The highest BCUT2D eigenvalue weighted by Crippen LogP contribution is 2.34. The second-order valence-corrected chi connectivity index (χ2v) is 9.28. The Kier molecular flexibility index (Phi) is 5.46. The van der Waals surface area contributed by atoms with Crippen molar-refractivity contribution in [2.75, 3.05) is 6.54 Å². The number of nitrogens with one attached hydrogen (secondary N) is 1. The summed E-state index contributed by atoms with van der Waals surface area (Å²) >= 11 is 5.92. The number of hydrogen-bond donors (Lipinski definition) is 1. The minimum atomic E-state index is -0.681. The predicted octanol–water partition coefficient (Wildman–Crippen LogP) is 5.37. The van der Waals surface area contributed by atoms with Gasteiger partial charge in [-0.1, -0.05) is 41.9 Å². The molecule has 0 saturated heterocycles. The van der Waals surface area contributed by atoms with Crippen LogP contribution in [0.15, 0.2) is 83.8 Å². The summed E-state index contributed by atoms with van der Waals surface area (Å²) in [5.74, 6) is 0.367. The van der Waals surface area contributed by atoms with Crippen molar-refractivity contribution < 1.29 is 9.53 Å². The summed E-state index contributed by atoms with van der Waals surface area (Å²) in [5, 5.41) is 6.88. The second-order valence-electron chi connectivity index (χ2n) is 8.85. The molecular formula is C29H22ClN3O3. The van der Waals surface area contributed by atoms with Crippen molar-refractivity contribution in [2.24, 2.45) is 0 Å². The Bertz CT molecular complexity index is 1810. The van der Waals surface area contributed by atoms with E-state index in [0.29, 0.717) is 29.1 Å². The Morgan fingerprint density at radius 3 is 2.58 bits per heavy atom. The predicted molar refractivity (Wildman–Crippen MR) is 143 cm³/mol. The van der Waals surface area contributed by atoms with Gasteiger partial charge in [-0.2, -0.15) is 0 Å². The van der Waals surface area contributed by atoms with Gasteiger partial charge in [0, 0.05) is 39.3 Å². The lowest BCUT2D eigenvalue weighted by molar-refractivity contribution is -0.127. The van der Waals surface area contributed by atoms with Crippen LogP contribution in [-0.2, 0) is 11.2 Å². The molecule has 6 rings (SSSR count). The van der Waals surface area contributed by atoms with Gasteiger partial charge in [0.05, 0.1) is 16.6 Å². The Labute approximate surface area is 211 Å². The molecule has 36 heavy (non-hydrogen) atoms. The fourth-order valence-electron chi connectivity index (χ4n) is 4.80. The molecule has 6 nitrogen and oxygen atoms in total. The zero-order chi connectivity index (χ0) is 24.8. The van der Waals surface area contributed by atoms with Crippen LogP contribution in [-0.4, -0.2) is 27.9 Å². The maximum atomic E-state index is 13.4. The quantitative estimate of drug-likeness (QED) is 0.315. The molecule has 3 heterocycles. The van der Waals surface area contributed by atoms with Gasteiger partial charge in [-0.15, -0.1) is 0 Å². The second kappa shape index (κ2) is 8.81. The number of hydrogen-bond acceptors (Lipinski definition) is 4. The first-order chi connectivity index (χ1) is 17.5. The minimum absolute atomic E-state index is 0.0757. The van der Waals surface area contributed by atoms with E-state index in [1.54, 1.807) is 23.6 Å². The fraction of sp³-hybridized carbons (Fsp3) is 0.138. The van der Waals surface area contributed by atoms with Crippen LogP contribution >= 0.6 is 11.6 Å². The van der Waals surface area contributed by atoms with Crippen LogP contribution < -0.4 is 15.6 Å². The van der Waals surface area contributed by atoms with Gasteiger partial charge in [-0.25, -0.2) is 0 Å². The van der Waals surface area contributed by atoms with E-state index in [1.807, 2.05) is 66.7 Å². The summed E-state index contributed by atoms with van der Waals surface area (Å²) in [6, 6.07) is 22.6. The maximum absolute atomic E-state index is 13.4. The molecule has 6 aromatic rings. The van der Waals surface area contributed by atoms with Gasteiger partial charge in [-0.3, -0.25) is 19.0 Å². The monoisotopic (exact) mass is 495 g/mol. The van der Waals surface area contributed by atoms with Gasteiger partial charge < -0.3 is 10.1 Å². The van der Waals surface area contributed by atoms with Crippen LogP contribution in [0.25, 0.3) is 38.1 Å². The van der Waals surface area contributed by atoms with Crippen molar-refractivity contribution in [3.05, 3.63) is 99.9 Å². The molecule has 3 aromatic heterocycles. The van der Waals surface area contributed by atoms with Crippen LogP contribution in [0, 0.1) is 0 Å². The van der Waals surface area contributed by atoms with E-state index in [9.17, 15) is 9.59 Å². The highest BCUT2D eigenvalue weighted by atomic mass is 35.5. The summed E-state index contributed by atoms with van der Waals surface area (Å²) in [7, 11) is 0. The van der Waals surface area contributed by atoms with E-state index in [2.05, 4.69) is 10.3 Å². The summed E-state index contributed by atoms with van der Waals surface area (Å²) in [6.07, 6.45) is 1.78. The molecule has 1 N–H and O–H groups in total. The molecule has 0 unspecified atom stereocenters. The zero-order valence-electron chi connectivity index (χ0n) is 19.5. The number of carbonyl (C=O) groups excluding carboxylic acids is 1. The lowest BCUT2D eigenvalue weighted by Crippen LogP contribution is -2.37. The number of nitrogens with zero attached hydrogens (tertiary/aromatic N) is 2. The summed E-state index contributed by atoms with van der Waals surface area (Å²) in [5.41, 5.74) is 3.38. The normalized spacial score (nSPS) is 12.5. The Morgan fingerprint density at radius 1 is 1.00 bits per heavy atom. The van der Waals surface area contributed by atoms with E-state index in [-0.39, 0.29) is 11.5 Å². The molecule has 0 radical (unpaired) electrons. The minimum Gasteiger partial charge on any atom is -0.481 e. The Morgan fingerprint density at radius 2 is 1.78 bits per heavy atom. The topological polar surface area (TPSA) is 72.7 Å². The van der Waals surface area contributed by atoms with Crippen molar-refractivity contribution in [2.45, 2.75) is 19.4 Å². The molecule has 1 amide bonds. The lowest BCUT2D eigenvalue weighted by Gasteiger charge is -2.15. The number of aromatic nitrogens is 2. The fourth-order valence-corrected chi connectivity index (χ4v) is 4.93. The van der Waals surface area contributed by atoms with Gasteiger partial charge in [0.1, 0.15) is 5.75 Å². The van der Waals surface area contributed by atoms with E-state index in [0.717, 1.165) is 38.3 Å². The molecule has 178 valence electrons. The van der Waals surface area contributed by atoms with Crippen LogP contribution in [0.2, 0.25) is 5.02 Å². The molecule has 0 aliphatic rings. The smallest absolute Gasteiger partial charge is 0.263 e. The zero-order valence-corrected chi connectivity index (χ0v) is 20.3. The number of halogens is 1. The number of pyridine rings is 2. The van der Waals surface area contributed by atoms with Crippen molar-refractivity contribution in [1.82, 2.24) is 14.7 Å². The highest BCUT2D eigenvalue weighted by molar-refractivity contribution is 6.30. The van der Waals surface area contributed by atoms with E-state index in [4.69, 9.17) is 16.3 Å². The van der Waals surface area contributed by atoms with E-state index in [1.165, 1.54) is 0 Å². The number of ether oxygens (including phenoxy) is 1. The molecule has 0 spiro atoms. The number of amides is 1. The van der Waals surface area contributed by atoms with Gasteiger partial charge in [0.15, 0.2) is 6.10 Å². The lowest BCUT2D eigenvalue weighted by atomic mass is 10.1. The summed E-state index contributed by atoms with van der Waals surface area (Å²) in [4.78, 5) is 30.6. The first kappa shape index (κ1) is 22.3. The van der Waals surface area contributed by atoms with Crippen LogP contribution in [0.1, 0.15) is 12.5 Å². The van der Waals surface area contributed by atoms with Gasteiger partial charge in [0.25, 0.3) is 11.5 Å². The molecule has 7 heteroatoms. The number of rotatable bonds is 6. The molecule has 0 fully saturated rings. The van der Waals surface area contributed by atoms with Gasteiger partial charge in [-0.05, 0) is 61.4 Å². The third-order valence-corrected chi connectivity index (χ3v) is 6.82. The van der Waals surface area contributed by atoms with Gasteiger partial charge >= 0.3 is 0 Å². The van der Waals surface area contributed by atoms with Crippen molar-refractivity contribution in [1.29, 1.82) is 0 Å². The number of fused-ring (bicyclic) bond motifs is 5. The Balaban J connectivity index is 1.29. The first-order valence-electron chi connectivity index (χ1n) is 11.8. The van der Waals surface area contributed by atoms with Crippen LogP contribution in [0.5, 0.6) is 5.75 Å². The molecule has 0 bridgehead atoms. The number of carbonyl (C=O) groups is 1. The molecule has 0 saturated carbocycles. The third-order valence-electron chi connectivity index (χ3n) is 6.57. The summed E-state index contributed by atoms with van der Waals surface area (Å²) in [6.45, 7) is 2.22. The largest absolute Gasteiger partial charge is 0.481 e. The average molecular weight is 496 g/mol. The van der Waals surface area contributed by atoms with Crippen molar-refractivity contribution in [3.8, 4) is 5.75 Å². The molecule has 0 aliphatic carbocycles. The SMILES string of the molecule is C[C@H](Oc1ccc2c(c1)c1ccnc3c4ccccc4c(=O)n2c13)C(=O)NCCc1ccc(Cl)cc1. The average Bonchev–Trinajstić information content (AvgIpc) is 3.23. The maximum Gasteiger partial charge on any atom is 0.263 e. The first-order valence-corrected chi connectivity index (χ1v) is 12.1. The van der Waals surface area contributed by atoms with E-state index < -0.39 is 6.10 Å².